The molecule has 384 valence electrons. The van der Waals surface area contributed by atoms with Gasteiger partial charge in [0.2, 0.25) is 5.91 Å². The lowest BCUT2D eigenvalue weighted by Gasteiger charge is -2.24. The van der Waals surface area contributed by atoms with Gasteiger partial charge in [0.25, 0.3) is 0 Å². The van der Waals surface area contributed by atoms with Gasteiger partial charge in [0.15, 0.2) is 0 Å². The van der Waals surface area contributed by atoms with Crippen LogP contribution in [0.4, 0.5) is 0 Å². The molecular formula is C61H105NO5. The third-order valence-corrected chi connectivity index (χ3v) is 12.2. The predicted molar refractivity (Wildman–Crippen MR) is 291 cm³/mol. The van der Waals surface area contributed by atoms with E-state index in [1.54, 1.807) is 0 Å². The molecule has 0 spiro atoms. The molecule has 0 fully saturated rings. The van der Waals surface area contributed by atoms with Crippen molar-refractivity contribution in [2.24, 2.45) is 0 Å². The molecule has 3 atom stereocenters. The summed E-state index contributed by atoms with van der Waals surface area (Å²) < 4.78 is 5.93. The number of carbonyl (C=O) groups is 2. The van der Waals surface area contributed by atoms with Crippen molar-refractivity contribution in [1.82, 2.24) is 5.32 Å². The zero-order valence-corrected chi connectivity index (χ0v) is 43.8. The van der Waals surface area contributed by atoms with Crippen LogP contribution in [0.2, 0.25) is 0 Å². The summed E-state index contributed by atoms with van der Waals surface area (Å²) in [6.45, 7) is 6.24. The van der Waals surface area contributed by atoms with E-state index in [0.29, 0.717) is 19.3 Å². The van der Waals surface area contributed by atoms with Crippen molar-refractivity contribution >= 4 is 11.9 Å². The first-order chi connectivity index (χ1) is 33.0. The summed E-state index contributed by atoms with van der Waals surface area (Å²) >= 11 is 0. The Morgan fingerprint density at radius 1 is 0.463 bits per heavy atom. The number of unbranched alkanes of at least 4 members (excludes halogenated alkanes) is 23. The van der Waals surface area contributed by atoms with Crippen molar-refractivity contribution in [2.45, 2.75) is 270 Å². The maximum absolute atomic E-state index is 13.3. The van der Waals surface area contributed by atoms with Gasteiger partial charge in [-0.15, -0.1) is 0 Å². The van der Waals surface area contributed by atoms with Gasteiger partial charge in [0.1, 0.15) is 6.10 Å². The van der Waals surface area contributed by atoms with E-state index in [1.807, 2.05) is 0 Å². The maximum atomic E-state index is 13.3. The monoisotopic (exact) mass is 932 g/mol. The van der Waals surface area contributed by atoms with E-state index in [1.165, 1.54) is 83.5 Å². The third kappa shape index (κ3) is 49.0. The number of allylic oxidation sites excluding steroid dienone is 16. The van der Waals surface area contributed by atoms with E-state index >= 15 is 0 Å². The maximum Gasteiger partial charge on any atom is 0.306 e. The molecule has 0 aliphatic rings. The van der Waals surface area contributed by atoms with Gasteiger partial charge in [-0.25, -0.2) is 0 Å². The summed E-state index contributed by atoms with van der Waals surface area (Å²) in [5, 5.41) is 23.9. The van der Waals surface area contributed by atoms with E-state index in [-0.39, 0.29) is 24.9 Å². The smallest absolute Gasteiger partial charge is 0.306 e. The van der Waals surface area contributed by atoms with Gasteiger partial charge in [-0.05, 0) is 89.9 Å². The minimum atomic E-state index is -0.806. The van der Waals surface area contributed by atoms with E-state index < -0.39 is 18.2 Å². The normalized spacial score (nSPS) is 13.9. The average Bonchev–Trinajstić information content (AvgIpc) is 3.32. The second-order valence-electron chi connectivity index (χ2n) is 18.6. The van der Waals surface area contributed by atoms with Crippen LogP contribution >= 0.6 is 0 Å². The second kappa shape index (κ2) is 53.7. The fourth-order valence-electron chi connectivity index (χ4n) is 8.05. The van der Waals surface area contributed by atoms with Crippen molar-refractivity contribution in [1.29, 1.82) is 0 Å². The summed E-state index contributed by atoms with van der Waals surface area (Å²) in [6, 6.07) is -0.722. The lowest BCUT2D eigenvalue weighted by molar-refractivity contribution is -0.151. The fraction of sp³-hybridized carbons (Fsp3) is 0.705. The summed E-state index contributed by atoms with van der Waals surface area (Å²) in [7, 11) is 0. The number of rotatable bonds is 49. The Morgan fingerprint density at radius 2 is 0.881 bits per heavy atom. The van der Waals surface area contributed by atoms with Gasteiger partial charge in [-0.3, -0.25) is 9.59 Å². The van der Waals surface area contributed by atoms with Crippen molar-refractivity contribution in [3.05, 3.63) is 97.2 Å². The van der Waals surface area contributed by atoms with E-state index in [2.05, 4.69) is 123 Å². The van der Waals surface area contributed by atoms with Gasteiger partial charge in [0, 0.05) is 6.42 Å². The Bertz CT molecular complexity index is 1320. The molecule has 6 heteroatoms. The van der Waals surface area contributed by atoms with Crippen LogP contribution in [0.15, 0.2) is 97.2 Å². The molecule has 3 unspecified atom stereocenters. The van der Waals surface area contributed by atoms with Gasteiger partial charge in [-0.2, -0.15) is 0 Å². The molecule has 0 saturated heterocycles. The zero-order chi connectivity index (χ0) is 48.8. The zero-order valence-electron chi connectivity index (χ0n) is 43.8. The number of carbonyl (C=O) groups excluding carboxylic acids is 2. The molecule has 0 saturated carbocycles. The minimum Gasteiger partial charge on any atom is -0.462 e. The second-order valence-corrected chi connectivity index (χ2v) is 18.6. The van der Waals surface area contributed by atoms with Crippen molar-refractivity contribution in [3.8, 4) is 0 Å². The van der Waals surface area contributed by atoms with Crippen LogP contribution < -0.4 is 5.32 Å². The summed E-state index contributed by atoms with van der Waals surface area (Å²) in [6.07, 6.45) is 71.8. The van der Waals surface area contributed by atoms with E-state index in [4.69, 9.17) is 4.74 Å². The molecule has 0 rings (SSSR count). The van der Waals surface area contributed by atoms with E-state index in [9.17, 15) is 19.8 Å². The Labute approximate surface area is 414 Å². The number of aliphatic hydroxyl groups is 2. The van der Waals surface area contributed by atoms with Crippen LogP contribution in [0.25, 0.3) is 0 Å². The largest absolute Gasteiger partial charge is 0.462 e. The first kappa shape index (κ1) is 63.8. The van der Waals surface area contributed by atoms with Crippen molar-refractivity contribution in [2.75, 3.05) is 6.61 Å². The SMILES string of the molecule is CC/C=C\C/C=C\C/C=C\C/C=C\C/C=C\CCCCCC(=O)OC(CCCCCCC/C=C/C=C/C=C/CC)CC(=O)NC(CO)C(O)CCCCCCCCCCCCCCCCCC. The first-order valence-electron chi connectivity index (χ1n) is 28.0. The number of hydrogen-bond acceptors (Lipinski definition) is 5. The molecule has 0 aromatic rings. The Balaban J connectivity index is 4.62. The molecule has 3 N–H and O–H groups in total. The number of hydrogen-bond donors (Lipinski definition) is 3. The van der Waals surface area contributed by atoms with Gasteiger partial charge < -0.3 is 20.3 Å². The molecule has 0 aliphatic heterocycles. The van der Waals surface area contributed by atoms with Gasteiger partial charge >= 0.3 is 5.97 Å². The summed E-state index contributed by atoms with van der Waals surface area (Å²) in [5.74, 6) is -0.535. The van der Waals surface area contributed by atoms with Crippen molar-refractivity contribution in [3.63, 3.8) is 0 Å². The number of aliphatic hydroxyl groups excluding tert-OH is 2. The highest BCUT2D eigenvalue weighted by Gasteiger charge is 2.24. The molecule has 0 aromatic heterocycles. The molecule has 0 aromatic carbocycles. The lowest BCUT2D eigenvalue weighted by atomic mass is 10.0. The molecule has 0 bridgehead atoms. The summed E-state index contributed by atoms with van der Waals surface area (Å²) in [4.78, 5) is 26.2. The molecule has 1 amide bonds. The quantitative estimate of drug-likeness (QED) is 0.0244. The van der Waals surface area contributed by atoms with Crippen LogP contribution in [-0.4, -0.2) is 46.9 Å². The fourth-order valence-corrected chi connectivity index (χ4v) is 8.05. The number of ether oxygens (including phenoxy) is 1. The molecule has 6 nitrogen and oxygen atoms in total. The molecule has 67 heavy (non-hydrogen) atoms. The average molecular weight is 933 g/mol. The highest BCUT2D eigenvalue weighted by Crippen LogP contribution is 2.18. The molecule has 0 aliphatic carbocycles. The highest BCUT2D eigenvalue weighted by molar-refractivity contribution is 5.77. The predicted octanol–water partition coefficient (Wildman–Crippen LogP) is 17.3. The van der Waals surface area contributed by atoms with Gasteiger partial charge in [0.05, 0.1) is 25.2 Å². The molecular weight excluding hydrogens is 827 g/mol. The van der Waals surface area contributed by atoms with Crippen LogP contribution in [0, 0.1) is 0 Å². The highest BCUT2D eigenvalue weighted by atomic mass is 16.5. The Kier molecular flexibility index (Phi) is 51.1. The van der Waals surface area contributed by atoms with Crippen LogP contribution in [-0.2, 0) is 14.3 Å². The topological polar surface area (TPSA) is 95.9 Å². The molecule has 0 heterocycles. The lowest BCUT2D eigenvalue weighted by Crippen LogP contribution is -2.46. The Hall–Kier alpha value is -3.22. The Morgan fingerprint density at radius 3 is 1.39 bits per heavy atom. The van der Waals surface area contributed by atoms with Crippen LogP contribution in [0.5, 0.6) is 0 Å². The number of nitrogens with one attached hydrogen (secondary N) is 1. The van der Waals surface area contributed by atoms with Crippen LogP contribution in [0.3, 0.4) is 0 Å². The number of esters is 1. The molecule has 0 radical (unpaired) electrons. The van der Waals surface area contributed by atoms with Crippen molar-refractivity contribution < 1.29 is 24.5 Å². The van der Waals surface area contributed by atoms with Crippen LogP contribution in [0.1, 0.15) is 252 Å². The van der Waals surface area contributed by atoms with E-state index in [0.717, 1.165) is 122 Å². The minimum absolute atomic E-state index is 0.0455. The van der Waals surface area contributed by atoms with Gasteiger partial charge in [-0.1, -0.05) is 246 Å². The first-order valence-corrected chi connectivity index (χ1v) is 28.0. The summed E-state index contributed by atoms with van der Waals surface area (Å²) in [5.41, 5.74) is 0. The number of amides is 1. The standard InChI is InChI=1S/C61H105NO5/c1-4-7-10-13-16-19-22-25-27-29-30-31-33-36-39-42-45-48-51-54-61(66)67-57(52-49-46-43-40-37-34-24-21-18-15-12-9-6-3)55-60(65)62-58(56-63)59(64)53-50-47-44-41-38-35-32-28-26-23-20-17-14-11-8-5-2/h7,9-10,12,15-16,18-19,21,24-25,27,30-31,36,39,57-59,63-64H,4-6,8,11,13-14,17,20,22-23,26,28-29,32-35,37-38,40-56H2,1-3H3,(H,62,65)/b10-7-,12-9+,18-15+,19-16-,24-21+,27-25-,31-30-,39-36-. The third-order valence-electron chi connectivity index (χ3n) is 12.2.